The highest BCUT2D eigenvalue weighted by Gasteiger charge is 2.25. The maximum Gasteiger partial charge on any atom is 0.258 e. The summed E-state index contributed by atoms with van der Waals surface area (Å²) in [4.78, 5) is 25.1. The first-order chi connectivity index (χ1) is 14.8. The number of ether oxygens (including phenoxy) is 1. The molecule has 1 unspecified atom stereocenters. The van der Waals surface area contributed by atoms with Gasteiger partial charge >= 0.3 is 0 Å². The molecule has 0 aliphatic carbocycles. The van der Waals surface area contributed by atoms with Gasteiger partial charge in [-0.1, -0.05) is 66.6 Å². The first-order valence-corrected chi connectivity index (χ1v) is 10.9. The smallest absolute Gasteiger partial charge is 0.258 e. The molecule has 2 N–H and O–H groups in total. The molecule has 1 heterocycles. The van der Waals surface area contributed by atoms with Crippen molar-refractivity contribution >= 4 is 39.9 Å². The van der Waals surface area contributed by atoms with Gasteiger partial charge < -0.3 is 10.1 Å². The SMILES string of the molecule is Cc1ccc(-c2nnc(NC(=O)C(NC(=O)COc3ccc(Cl)cc3)C(C)C)s2)cc1. The number of carbonyl (C=O) groups is 2. The van der Waals surface area contributed by atoms with Gasteiger partial charge in [-0.15, -0.1) is 10.2 Å². The Balaban J connectivity index is 1.58. The minimum absolute atomic E-state index is 0.135. The van der Waals surface area contributed by atoms with Crippen molar-refractivity contribution in [1.82, 2.24) is 15.5 Å². The van der Waals surface area contributed by atoms with Crippen molar-refractivity contribution in [3.8, 4) is 16.3 Å². The summed E-state index contributed by atoms with van der Waals surface area (Å²) in [5, 5.41) is 15.3. The number of benzene rings is 2. The van der Waals surface area contributed by atoms with Crippen LogP contribution in [0.25, 0.3) is 10.6 Å². The number of aromatic nitrogens is 2. The van der Waals surface area contributed by atoms with Crippen LogP contribution in [0, 0.1) is 12.8 Å². The number of nitrogens with zero attached hydrogens (tertiary/aromatic N) is 2. The average molecular weight is 459 g/mol. The molecule has 0 fully saturated rings. The Morgan fingerprint density at radius 1 is 1.06 bits per heavy atom. The molecule has 162 valence electrons. The van der Waals surface area contributed by atoms with Gasteiger partial charge in [-0.25, -0.2) is 0 Å². The fraction of sp³-hybridized carbons (Fsp3) is 0.273. The van der Waals surface area contributed by atoms with Crippen LogP contribution in [-0.4, -0.2) is 34.7 Å². The number of hydrogen-bond acceptors (Lipinski definition) is 6. The summed E-state index contributed by atoms with van der Waals surface area (Å²) in [6.45, 7) is 5.50. The van der Waals surface area contributed by atoms with E-state index < -0.39 is 11.9 Å². The second-order valence-corrected chi connectivity index (χ2v) is 8.71. The standard InChI is InChI=1S/C22H23ClN4O3S/c1-13(2)19(24-18(28)12-30-17-10-8-16(23)9-11-17)20(29)25-22-27-26-21(31-22)15-6-4-14(3)5-7-15/h4-11,13,19H,12H2,1-3H3,(H,24,28)(H,25,27,29). The lowest BCUT2D eigenvalue weighted by Crippen LogP contribution is -2.48. The van der Waals surface area contributed by atoms with E-state index in [1.165, 1.54) is 11.3 Å². The van der Waals surface area contributed by atoms with E-state index in [-0.39, 0.29) is 18.4 Å². The van der Waals surface area contributed by atoms with Crippen molar-refractivity contribution in [2.75, 3.05) is 11.9 Å². The first-order valence-electron chi connectivity index (χ1n) is 9.71. The van der Waals surface area contributed by atoms with Gasteiger partial charge in [-0.05, 0) is 37.1 Å². The molecule has 0 aliphatic rings. The van der Waals surface area contributed by atoms with Crippen molar-refractivity contribution < 1.29 is 14.3 Å². The van der Waals surface area contributed by atoms with Crippen LogP contribution < -0.4 is 15.4 Å². The highest BCUT2D eigenvalue weighted by atomic mass is 35.5. The first kappa shape index (κ1) is 22.7. The van der Waals surface area contributed by atoms with Crippen LogP contribution in [0.1, 0.15) is 19.4 Å². The number of amides is 2. The largest absolute Gasteiger partial charge is 0.484 e. The molecule has 0 aliphatic heterocycles. The summed E-state index contributed by atoms with van der Waals surface area (Å²) in [7, 11) is 0. The third-order valence-corrected chi connectivity index (χ3v) is 5.54. The van der Waals surface area contributed by atoms with Gasteiger partial charge in [0.05, 0.1) is 0 Å². The molecule has 0 saturated heterocycles. The molecular formula is C22H23ClN4O3S. The highest BCUT2D eigenvalue weighted by Crippen LogP contribution is 2.26. The fourth-order valence-electron chi connectivity index (χ4n) is 2.70. The molecule has 0 radical (unpaired) electrons. The Kier molecular flexibility index (Phi) is 7.59. The third kappa shape index (κ3) is 6.50. The quantitative estimate of drug-likeness (QED) is 0.524. The zero-order chi connectivity index (χ0) is 22.4. The van der Waals surface area contributed by atoms with Crippen LogP contribution in [0.4, 0.5) is 5.13 Å². The molecule has 0 bridgehead atoms. The summed E-state index contributed by atoms with van der Waals surface area (Å²) in [5.74, 6) is -0.380. The van der Waals surface area contributed by atoms with Crippen LogP contribution in [0.5, 0.6) is 5.75 Å². The van der Waals surface area contributed by atoms with E-state index >= 15 is 0 Å². The Morgan fingerprint density at radius 3 is 2.39 bits per heavy atom. The van der Waals surface area contributed by atoms with E-state index in [0.29, 0.717) is 20.9 Å². The third-order valence-electron chi connectivity index (χ3n) is 4.40. The van der Waals surface area contributed by atoms with Crippen LogP contribution in [0.2, 0.25) is 5.02 Å². The molecule has 0 saturated carbocycles. The monoisotopic (exact) mass is 458 g/mol. The number of aryl methyl sites for hydroxylation is 1. The van der Waals surface area contributed by atoms with Crippen molar-refractivity contribution in [2.24, 2.45) is 5.92 Å². The van der Waals surface area contributed by atoms with Crippen molar-refractivity contribution in [3.63, 3.8) is 0 Å². The van der Waals surface area contributed by atoms with E-state index in [1.807, 2.05) is 45.0 Å². The summed E-state index contributed by atoms with van der Waals surface area (Å²) in [5.41, 5.74) is 2.08. The lowest BCUT2D eigenvalue weighted by molar-refractivity contribution is -0.128. The number of anilines is 1. The van der Waals surface area contributed by atoms with Gasteiger partial charge in [0, 0.05) is 10.6 Å². The van der Waals surface area contributed by atoms with Crippen LogP contribution in [-0.2, 0) is 9.59 Å². The number of halogens is 1. The predicted molar refractivity (Wildman–Crippen MR) is 122 cm³/mol. The van der Waals surface area contributed by atoms with E-state index in [0.717, 1.165) is 11.1 Å². The molecule has 1 aromatic heterocycles. The number of rotatable bonds is 8. The molecule has 7 nitrogen and oxygen atoms in total. The molecule has 3 rings (SSSR count). The van der Waals surface area contributed by atoms with Gasteiger partial charge in [0.2, 0.25) is 11.0 Å². The van der Waals surface area contributed by atoms with Gasteiger partial charge in [0.1, 0.15) is 16.8 Å². The number of nitrogens with one attached hydrogen (secondary N) is 2. The van der Waals surface area contributed by atoms with Gasteiger partial charge in [0.15, 0.2) is 6.61 Å². The summed E-state index contributed by atoms with van der Waals surface area (Å²) in [6.07, 6.45) is 0. The maximum atomic E-state index is 12.7. The summed E-state index contributed by atoms with van der Waals surface area (Å²) >= 11 is 7.11. The summed E-state index contributed by atoms with van der Waals surface area (Å²) in [6, 6.07) is 13.8. The predicted octanol–water partition coefficient (Wildman–Crippen LogP) is 4.33. The molecular weight excluding hydrogens is 436 g/mol. The highest BCUT2D eigenvalue weighted by molar-refractivity contribution is 7.18. The molecule has 31 heavy (non-hydrogen) atoms. The van der Waals surface area contributed by atoms with Crippen molar-refractivity contribution in [1.29, 1.82) is 0 Å². The lowest BCUT2D eigenvalue weighted by atomic mass is 10.0. The van der Waals surface area contributed by atoms with Gasteiger partial charge in [0.25, 0.3) is 5.91 Å². The number of hydrogen-bond donors (Lipinski definition) is 2. The fourth-order valence-corrected chi connectivity index (χ4v) is 3.58. The molecule has 3 aromatic rings. The summed E-state index contributed by atoms with van der Waals surface area (Å²) < 4.78 is 5.44. The second-order valence-electron chi connectivity index (χ2n) is 7.30. The zero-order valence-electron chi connectivity index (χ0n) is 17.4. The molecule has 2 amide bonds. The van der Waals surface area contributed by atoms with Gasteiger partial charge in [-0.3, -0.25) is 14.9 Å². The lowest BCUT2D eigenvalue weighted by Gasteiger charge is -2.21. The van der Waals surface area contributed by atoms with Crippen LogP contribution in [0.15, 0.2) is 48.5 Å². The molecule has 0 spiro atoms. The van der Waals surface area contributed by atoms with Crippen molar-refractivity contribution in [3.05, 3.63) is 59.1 Å². The molecule has 2 aromatic carbocycles. The minimum Gasteiger partial charge on any atom is -0.484 e. The van der Waals surface area contributed by atoms with E-state index in [4.69, 9.17) is 16.3 Å². The number of carbonyl (C=O) groups excluding carboxylic acids is 2. The topological polar surface area (TPSA) is 93.2 Å². The zero-order valence-corrected chi connectivity index (χ0v) is 19.0. The molecule has 9 heteroatoms. The van der Waals surface area contributed by atoms with E-state index in [9.17, 15) is 9.59 Å². The molecule has 1 atom stereocenters. The Bertz CT molecular complexity index is 1040. The normalized spacial score (nSPS) is 11.8. The maximum absolute atomic E-state index is 12.7. The van der Waals surface area contributed by atoms with E-state index in [1.54, 1.807) is 24.3 Å². The van der Waals surface area contributed by atoms with Crippen LogP contribution in [0.3, 0.4) is 0 Å². The van der Waals surface area contributed by atoms with Crippen LogP contribution >= 0.6 is 22.9 Å². The Labute approximate surface area is 189 Å². The minimum atomic E-state index is -0.743. The second kappa shape index (κ2) is 10.4. The Morgan fingerprint density at radius 2 is 1.74 bits per heavy atom. The van der Waals surface area contributed by atoms with Gasteiger partial charge in [-0.2, -0.15) is 0 Å². The van der Waals surface area contributed by atoms with E-state index in [2.05, 4.69) is 20.8 Å². The van der Waals surface area contributed by atoms with Crippen molar-refractivity contribution in [2.45, 2.75) is 26.8 Å². The average Bonchev–Trinajstić information content (AvgIpc) is 3.20. The Hall–Kier alpha value is -2.97.